The van der Waals surface area contributed by atoms with Gasteiger partial charge in [0.1, 0.15) is 0 Å². The summed E-state index contributed by atoms with van der Waals surface area (Å²) in [5, 5.41) is 0. The largest absolute Gasteiger partial charge is 0.342 e. The molecule has 1 aromatic carbocycles. The molecule has 0 aliphatic carbocycles. The summed E-state index contributed by atoms with van der Waals surface area (Å²) in [5.74, 6) is -0.140. The van der Waals surface area contributed by atoms with E-state index in [1.165, 1.54) is 0 Å². The molecule has 1 aromatic rings. The lowest BCUT2D eigenvalue weighted by Gasteiger charge is -2.26. The van der Waals surface area contributed by atoms with Crippen LogP contribution in [-0.4, -0.2) is 48.3 Å². The Labute approximate surface area is 134 Å². The number of hydrogen-bond donors (Lipinski definition) is 0. The molecule has 1 unspecified atom stereocenters. The number of carbonyl (C=O) groups is 2. The number of benzene rings is 1. The average molecular weight is 304 g/mol. The average Bonchev–Trinajstić information content (AvgIpc) is 2.53. The Bertz CT molecular complexity index is 469. The van der Waals surface area contributed by atoms with Gasteiger partial charge in [-0.3, -0.25) is 9.59 Å². The molecule has 0 radical (unpaired) electrons. The lowest BCUT2D eigenvalue weighted by Crippen LogP contribution is -2.42. The van der Waals surface area contributed by atoms with Crippen molar-refractivity contribution in [1.29, 1.82) is 0 Å². The van der Waals surface area contributed by atoms with Crippen molar-refractivity contribution in [3.63, 3.8) is 0 Å². The van der Waals surface area contributed by atoms with E-state index in [1.54, 1.807) is 16.8 Å². The van der Waals surface area contributed by atoms with E-state index in [4.69, 9.17) is 0 Å². The molecule has 0 saturated heterocycles. The predicted octanol–water partition coefficient (Wildman–Crippen LogP) is 2.90. The highest BCUT2D eigenvalue weighted by Crippen LogP contribution is 2.23. The van der Waals surface area contributed by atoms with Crippen molar-refractivity contribution in [3.8, 4) is 0 Å². The topological polar surface area (TPSA) is 40.6 Å². The van der Waals surface area contributed by atoms with E-state index < -0.39 is 0 Å². The zero-order chi connectivity index (χ0) is 16.5. The molecule has 0 heterocycles. The number of likely N-dealkylation sites (N-methyl/N-ethyl adjacent to an activating group) is 2. The molecule has 122 valence electrons. The summed E-state index contributed by atoms with van der Waals surface area (Å²) < 4.78 is 0. The fourth-order valence-electron chi connectivity index (χ4n) is 2.63. The van der Waals surface area contributed by atoms with Crippen molar-refractivity contribution in [2.75, 3.05) is 26.7 Å². The minimum atomic E-state index is -0.166. The first-order valence-electron chi connectivity index (χ1n) is 8.12. The number of carbonyl (C=O) groups excluding carboxylic acids is 2. The van der Waals surface area contributed by atoms with Crippen LogP contribution in [0.2, 0.25) is 0 Å². The summed E-state index contributed by atoms with van der Waals surface area (Å²) in [5.41, 5.74) is 1.02. The smallest absolute Gasteiger partial charge is 0.242 e. The van der Waals surface area contributed by atoms with Crippen LogP contribution < -0.4 is 0 Å². The van der Waals surface area contributed by atoms with E-state index in [9.17, 15) is 9.59 Å². The predicted molar refractivity (Wildman–Crippen MR) is 89.7 cm³/mol. The van der Waals surface area contributed by atoms with Crippen molar-refractivity contribution in [2.45, 2.75) is 39.5 Å². The molecule has 1 atom stereocenters. The van der Waals surface area contributed by atoms with Crippen LogP contribution >= 0.6 is 0 Å². The Morgan fingerprint density at radius 3 is 2.14 bits per heavy atom. The number of rotatable bonds is 8. The molecule has 0 aliphatic heterocycles. The van der Waals surface area contributed by atoms with Gasteiger partial charge in [0.05, 0.1) is 12.5 Å². The fraction of sp³-hybridized carbons (Fsp3) is 0.556. The molecule has 1 rings (SSSR count). The Balaban J connectivity index is 2.79. The van der Waals surface area contributed by atoms with Crippen LogP contribution in [0.3, 0.4) is 0 Å². The zero-order valence-electron chi connectivity index (χ0n) is 14.2. The van der Waals surface area contributed by atoms with Gasteiger partial charge in [0.2, 0.25) is 11.8 Å². The van der Waals surface area contributed by atoms with E-state index in [-0.39, 0.29) is 24.3 Å². The van der Waals surface area contributed by atoms with Crippen LogP contribution in [0.4, 0.5) is 0 Å². The molecule has 4 nitrogen and oxygen atoms in total. The Morgan fingerprint density at radius 1 is 1.05 bits per heavy atom. The SMILES string of the molecule is CCCC(C(=O)N(C)CC(=O)N(CC)CC)c1ccccc1. The van der Waals surface area contributed by atoms with Crippen LogP contribution in [-0.2, 0) is 9.59 Å². The summed E-state index contributed by atoms with van der Waals surface area (Å²) in [6, 6.07) is 9.82. The number of hydrogen-bond acceptors (Lipinski definition) is 2. The van der Waals surface area contributed by atoms with Crippen LogP contribution in [0.5, 0.6) is 0 Å². The van der Waals surface area contributed by atoms with Crippen molar-refractivity contribution in [3.05, 3.63) is 35.9 Å². The molecule has 22 heavy (non-hydrogen) atoms. The van der Waals surface area contributed by atoms with Gasteiger partial charge >= 0.3 is 0 Å². The Kier molecular flexibility index (Phi) is 7.64. The van der Waals surface area contributed by atoms with Crippen LogP contribution in [0, 0.1) is 0 Å². The minimum Gasteiger partial charge on any atom is -0.342 e. The lowest BCUT2D eigenvalue weighted by atomic mass is 9.93. The summed E-state index contributed by atoms with van der Waals surface area (Å²) in [7, 11) is 1.72. The van der Waals surface area contributed by atoms with Crippen LogP contribution in [0.25, 0.3) is 0 Å². The maximum absolute atomic E-state index is 12.7. The number of amides is 2. The van der Waals surface area contributed by atoms with Gasteiger partial charge in [0.15, 0.2) is 0 Å². The van der Waals surface area contributed by atoms with Gasteiger partial charge in [0.25, 0.3) is 0 Å². The quantitative estimate of drug-likeness (QED) is 0.741. The first-order valence-corrected chi connectivity index (χ1v) is 8.12. The minimum absolute atomic E-state index is 0.00385. The Morgan fingerprint density at radius 2 is 1.64 bits per heavy atom. The molecule has 0 saturated carbocycles. The fourth-order valence-corrected chi connectivity index (χ4v) is 2.63. The molecular weight excluding hydrogens is 276 g/mol. The maximum atomic E-state index is 12.7. The van der Waals surface area contributed by atoms with Crippen molar-refractivity contribution in [1.82, 2.24) is 9.80 Å². The summed E-state index contributed by atoms with van der Waals surface area (Å²) in [6.45, 7) is 7.47. The zero-order valence-corrected chi connectivity index (χ0v) is 14.2. The highest BCUT2D eigenvalue weighted by molar-refractivity contribution is 5.88. The first kappa shape index (κ1) is 18.2. The monoisotopic (exact) mass is 304 g/mol. The second-order valence-corrected chi connectivity index (χ2v) is 5.51. The lowest BCUT2D eigenvalue weighted by molar-refractivity contribution is -0.140. The summed E-state index contributed by atoms with van der Waals surface area (Å²) >= 11 is 0. The van der Waals surface area contributed by atoms with E-state index in [1.807, 2.05) is 44.2 Å². The second-order valence-electron chi connectivity index (χ2n) is 5.51. The molecule has 2 amide bonds. The van der Waals surface area contributed by atoms with Crippen molar-refractivity contribution in [2.24, 2.45) is 0 Å². The van der Waals surface area contributed by atoms with E-state index in [0.29, 0.717) is 13.1 Å². The molecule has 0 spiro atoms. The Hall–Kier alpha value is -1.84. The third kappa shape index (κ3) is 4.86. The summed E-state index contributed by atoms with van der Waals surface area (Å²) in [6.07, 6.45) is 1.73. The third-order valence-corrected chi connectivity index (χ3v) is 3.94. The summed E-state index contributed by atoms with van der Waals surface area (Å²) in [4.78, 5) is 28.2. The van der Waals surface area contributed by atoms with Gasteiger partial charge in [-0.05, 0) is 25.8 Å². The van der Waals surface area contributed by atoms with E-state index >= 15 is 0 Å². The van der Waals surface area contributed by atoms with Crippen molar-refractivity contribution >= 4 is 11.8 Å². The van der Waals surface area contributed by atoms with Crippen LogP contribution in [0.1, 0.15) is 45.1 Å². The maximum Gasteiger partial charge on any atom is 0.242 e. The molecule has 0 bridgehead atoms. The van der Waals surface area contributed by atoms with E-state index in [2.05, 4.69) is 6.92 Å². The highest BCUT2D eigenvalue weighted by atomic mass is 16.2. The molecule has 0 N–H and O–H groups in total. The number of nitrogens with zero attached hydrogens (tertiary/aromatic N) is 2. The normalized spacial score (nSPS) is 11.8. The molecular formula is C18H28N2O2. The standard InChI is InChI=1S/C18H28N2O2/c1-5-11-16(15-12-9-8-10-13-15)18(22)19(4)14-17(21)20(6-2)7-3/h8-10,12-13,16H,5-7,11,14H2,1-4H3. The third-order valence-electron chi connectivity index (χ3n) is 3.94. The second kappa shape index (κ2) is 9.23. The molecule has 0 fully saturated rings. The first-order chi connectivity index (χ1) is 10.5. The highest BCUT2D eigenvalue weighted by Gasteiger charge is 2.25. The van der Waals surface area contributed by atoms with Crippen molar-refractivity contribution < 1.29 is 9.59 Å². The van der Waals surface area contributed by atoms with E-state index in [0.717, 1.165) is 18.4 Å². The molecule has 4 heteroatoms. The van der Waals surface area contributed by atoms with Gasteiger partial charge in [0, 0.05) is 20.1 Å². The van der Waals surface area contributed by atoms with Gasteiger partial charge in [-0.2, -0.15) is 0 Å². The molecule has 0 aliphatic rings. The van der Waals surface area contributed by atoms with Crippen LogP contribution in [0.15, 0.2) is 30.3 Å². The van der Waals surface area contributed by atoms with Gasteiger partial charge in [-0.25, -0.2) is 0 Å². The van der Waals surface area contributed by atoms with Gasteiger partial charge < -0.3 is 9.80 Å². The molecule has 0 aromatic heterocycles. The van der Waals surface area contributed by atoms with Gasteiger partial charge in [-0.1, -0.05) is 43.7 Å². The van der Waals surface area contributed by atoms with Gasteiger partial charge in [-0.15, -0.1) is 0 Å².